The van der Waals surface area contributed by atoms with E-state index in [4.69, 9.17) is 19.7 Å². The van der Waals surface area contributed by atoms with E-state index in [1.165, 1.54) is 6.42 Å². The predicted molar refractivity (Wildman–Crippen MR) is 114 cm³/mol. The second-order valence-corrected chi connectivity index (χ2v) is 8.61. The molecule has 3 N–H and O–H groups in total. The number of carbonyl (C=O) groups excluding carboxylic acids is 2. The molecule has 0 fully saturated rings. The number of unbranched alkanes of at least 4 members (excludes halogenated alkanes) is 7. The molecule has 0 aliphatic carbocycles. The van der Waals surface area contributed by atoms with Gasteiger partial charge in [-0.3, -0.25) is 18.6 Å². The van der Waals surface area contributed by atoms with Crippen LogP contribution in [0.3, 0.4) is 0 Å². The first-order valence-corrected chi connectivity index (χ1v) is 12.5. The lowest BCUT2D eigenvalue weighted by Crippen LogP contribution is -2.29. The van der Waals surface area contributed by atoms with Crippen molar-refractivity contribution < 1.29 is 37.6 Å². The zero-order valence-corrected chi connectivity index (χ0v) is 19.4. The molecule has 0 amide bonds. The highest BCUT2D eigenvalue weighted by Crippen LogP contribution is 2.43. The van der Waals surface area contributed by atoms with Crippen molar-refractivity contribution >= 4 is 19.8 Å². The highest BCUT2D eigenvalue weighted by molar-refractivity contribution is 7.47. The number of rotatable bonds is 20. The molecule has 30 heavy (non-hydrogen) atoms. The number of carbonyl (C=O) groups is 2. The average molecular weight is 454 g/mol. The zero-order valence-electron chi connectivity index (χ0n) is 18.5. The van der Waals surface area contributed by atoms with Gasteiger partial charge < -0.3 is 20.1 Å². The maximum Gasteiger partial charge on any atom is 0.472 e. The molecule has 0 bridgehead atoms. The van der Waals surface area contributed by atoms with Crippen LogP contribution in [-0.4, -0.2) is 49.3 Å². The predicted octanol–water partition coefficient (Wildman–Crippen LogP) is 3.86. The summed E-state index contributed by atoms with van der Waals surface area (Å²) < 4.78 is 31.7. The van der Waals surface area contributed by atoms with Gasteiger partial charge in [0, 0.05) is 19.4 Å². The molecule has 0 spiro atoms. The minimum Gasteiger partial charge on any atom is -0.462 e. The van der Waals surface area contributed by atoms with Crippen LogP contribution >= 0.6 is 7.82 Å². The molecule has 0 heterocycles. The Bertz CT molecular complexity index is 503. The lowest BCUT2D eigenvalue weighted by molar-refractivity contribution is -0.161. The summed E-state index contributed by atoms with van der Waals surface area (Å²) in [4.78, 5) is 33.5. The Labute approximate surface area is 180 Å². The van der Waals surface area contributed by atoms with Gasteiger partial charge in [-0.05, 0) is 12.8 Å². The van der Waals surface area contributed by atoms with Crippen LogP contribution in [-0.2, 0) is 32.7 Å². The molecule has 10 heteroatoms. The zero-order chi connectivity index (χ0) is 22.7. The third-order valence-electron chi connectivity index (χ3n) is 4.24. The first kappa shape index (κ1) is 29.0. The summed E-state index contributed by atoms with van der Waals surface area (Å²) in [6.07, 6.45) is 8.30. The van der Waals surface area contributed by atoms with Gasteiger partial charge in [0.05, 0.1) is 13.2 Å². The van der Waals surface area contributed by atoms with Crippen LogP contribution in [0.15, 0.2) is 0 Å². The molecule has 0 rings (SSSR count). The summed E-state index contributed by atoms with van der Waals surface area (Å²) in [5.74, 6) is -0.872. The normalized spacial score (nSPS) is 14.1. The molecule has 2 unspecified atom stereocenters. The van der Waals surface area contributed by atoms with Crippen LogP contribution in [0.2, 0.25) is 0 Å². The molecule has 0 aliphatic rings. The summed E-state index contributed by atoms with van der Waals surface area (Å²) in [6, 6.07) is 0. The minimum atomic E-state index is -4.32. The van der Waals surface area contributed by atoms with E-state index in [1.807, 2.05) is 6.92 Å². The molecular weight excluding hydrogens is 413 g/mol. The van der Waals surface area contributed by atoms with Crippen molar-refractivity contribution in [3.63, 3.8) is 0 Å². The van der Waals surface area contributed by atoms with Crippen LogP contribution in [0.1, 0.15) is 84.5 Å². The number of phosphoric acid groups is 1. The number of nitrogens with two attached hydrogens (primary N) is 1. The van der Waals surface area contributed by atoms with Crippen LogP contribution in [0.4, 0.5) is 0 Å². The summed E-state index contributed by atoms with van der Waals surface area (Å²) in [5.41, 5.74) is 5.23. The van der Waals surface area contributed by atoms with Crippen molar-refractivity contribution in [2.45, 2.75) is 90.6 Å². The van der Waals surface area contributed by atoms with E-state index in [2.05, 4.69) is 11.4 Å². The number of esters is 2. The Balaban J connectivity index is 4.48. The van der Waals surface area contributed by atoms with Gasteiger partial charge in [0.15, 0.2) is 6.10 Å². The second-order valence-electron chi connectivity index (χ2n) is 7.16. The van der Waals surface area contributed by atoms with Gasteiger partial charge in [-0.25, -0.2) is 4.57 Å². The molecule has 9 nitrogen and oxygen atoms in total. The molecule has 0 saturated heterocycles. The average Bonchev–Trinajstić information content (AvgIpc) is 2.71. The second kappa shape index (κ2) is 18.8. The standard InChI is InChI=1S/C20H40NO8P/c1-3-5-7-8-9-11-13-20(23)29-18(16-26-19(22)12-10-6-4-2)17-28-30(24,25)27-15-14-21/h18H,3-17,21H2,1-2H3,(H,24,25). The van der Waals surface area contributed by atoms with E-state index < -0.39 is 32.5 Å². The molecule has 0 aromatic rings. The maximum atomic E-state index is 12.1. The molecule has 0 aromatic heterocycles. The van der Waals surface area contributed by atoms with Crippen molar-refractivity contribution in [3.8, 4) is 0 Å². The number of hydrogen-bond acceptors (Lipinski definition) is 8. The highest BCUT2D eigenvalue weighted by Gasteiger charge is 2.25. The van der Waals surface area contributed by atoms with Crippen molar-refractivity contribution in [2.24, 2.45) is 5.73 Å². The van der Waals surface area contributed by atoms with Gasteiger partial charge in [-0.15, -0.1) is 0 Å². The lowest BCUT2D eigenvalue weighted by atomic mass is 10.1. The Hall–Kier alpha value is -0.990. The van der Waals surface area contributed by atoms with E-state index in [0.717, 1.165) is 38.5 Å². The lowest BCUT2D eigenvalue weighted by Gasteiger charge is -2.19. The van der Waals surface area contributed by atoms with Crippen LogP contribution in [0.25, 0.3) is 0 Å². The smallest absolute Gasteiger partial charge is 0.462 e. The van der Waals surface area contributed by atoms with E-state index in [-0.39, 0.29) is 32.6 Å². The van der Waals surface area contributed by atoms with Gasteiger partial charge in [0.2, 0.25) is 0 Å². The quantitative estimate of drug-likeness (QED) is 0.160. The van der Waals surface area contributed by atoms with Crippen molar-refractivity contribution in [3.05, 3.63) is 0 Å². The van der Waals surface area contributed by atoms with Crippen molar-refractivity contribution in [1.29, 1.82) is 0 Å². The molecular formula is C20H40NO8P. The largest absolute Gasteiger partial charge is 0.472 e. The Morgan fingerprint density at radius 1 is 0.867 bits per heavy atom. The van der Waals surface area contributed by atoms with Crippen LogP contribution in [0, 0.1) is 0 Å². The summed E-state index contributed by atoms with van der Waals surface area (Å²) in [7, 11) is -4.32. The molecule has 0 aromatic carbocycles. The third kappa shape index (κ3) is 17.8. The summed E-state index contributed by atoms with van der Waals surface area (Å²) >= 11 is 0. The topological polar surface area (TPSA) is 134 Å². The number of ether oxygens (including phenoxy) is 2. The molecule has 0 saturated carbocycles. The van der Waals surface area contributed by atoms with E-state index >= 15 is 0 Å². The van der Waals surface area contributed by atoms with Gasteiger partial charge in [0.25, 0.3) is 0 Å². The van der Waals surface area contributed by atoms with E-state index in [1.54, 1.807) is 0 Å². The van der Waals surface area contributed by atoms with Gasteiger partial charge in [-0.1, -0.05) is 58.8 Å². The fourth-order valence-electron chi connectivity index (χ4n) is 2.57. The Morgan fingerprint density at radius 3 is 2.10 bits per heavy atom. The number of phosphoric ester groups is 1. The van der Waals surface area contributed by atoms with Gasteiger partial charge in [0.1, 0.15) is 6.61 Å². The SMILES string of the molecule is CCCCCCCCC(=O)OC(COC(=O)CCCCC)COP(=O)(O)OCCN. The Kier molecular flexibility index (Phi) is 18.1. The first-order valence-electron chi connectivity index (χ1n) is 11.0. The number of hydrogen-bond donors (Lipinski definition) is 2. The summed E-state index contributed by atoms with van der Waals surface area (Å²) in [5, 5.41) is 0. The fraction of sp³-hybridized carbons (Fsp3) is 0.900. The van der Waals surface area contributed by atoms with Crippen molar-refractivity contribution in [2.75, 3.05) is 26.4 Å². The monoisotopic (exact) mass is 453 g/mol. The molecule has 0 radical (unpaired) electrons. The molecule has 2 atom stereocenters. The third-order valence-corrected chi connectivity index (χ3v) is 5.23. The van der Waals surface area contributed by atoms with E-state index in [9.17, 15) is 19.0 Å². The highest BCUT2D eigenvalue weighted by atomic mass is 31.2. The van der Waals surface area contributed by atoms with Crippen LogP contribution in [0.5, 0.6) is 0 Å². The minimum absolute atomic E-state index is 0.0555. The molecule has 0 aliphatic heterocycles. The van der Waals surface area contributed by atoms with Gasteiger partial charge >= 0.3 is 19.8 Å². The summed E-state index contributed by atoms with van der Waals surface area (Å²) in [6.45, 7) is 3.40. The first-order chi connectivity index (χ1) is 14.3. The Morgan fingerprint density at radius 2 is 1.43 bits per heavy atom. The van der Waals surface area contributed by atoms with Crippen molar-refractivity contribution in [1.82, 2.24) is 0 Å². The maximum absolute atomic E-state index is 12.1. The van der Waals surface area contributed by atoms with Gasteiger partial charge in [-0.2, -0.15) is 0 Å². The molecule has 178 valence electrons. The van der Waals surface area contributed by atoms with E-state index in [0.29, 0.717) is 12.8 Å². The van der Waals surface area contributed by atoms with Crippen LogP contribution < -0.4 is 5.73 Å². The fourth-order valence-corrected chi connectivity index (χ4v) is 3.34.